The van der Waals surface area contributed by atoms with Crippen LogP contribution in [0.2, 0.25) is 0 Å². The highest BCUT2D eigenvalue weighted by molar-refractivity contribution is 5.90. The van der Waals surface area contributed by atoms with Gasteiger partial charge in [-0.1, -0.05) is 0 Å². The molecule has 2 unspecified atom stereocenters. The zero-order chi connectivity index (χ0) is 13.1. The molecule has 2 fully saturated rings. The van der Waals surface area contributed by atoms with Gasteiger partial charge in [0, 0.05) is 19.6 Å². The maximum atomic E-state index is 12.3. The third-order valence-electron chi connectivity index (χ3n) is 4.01. The minimum atomic E-state index is -0.421. The van der Waals surface area contributed by atoms with Crippen molar-refractivity contribution in [2.45, 2.75) is 51.1 Å². The van der Waals surface area contributed by atoms with Gasteiger partial charge in [0.1, 0.15) is 6.04 Å². The van der Waals surface area contributed by atoms with E-state index in [1.807, 2.05) is 11.8 Å². The van der Waals surface area contributed by atoms with E-state index in [0.29, 0.717) is 6.54 Å². The van der Waals surface area contributed by atoms with Crippen molar-refractivity contribution in [3.05, 3.63) is 0 Å². The van der Waals surface area contributed by atoms with E-state index in [0.717, 1.165) is 38.8 Å². The normalized spacial score (nSPS) is 27.2. The van der Waals surface area contributed by atoms with Gasteiger partial charge in [-0.3, -0.25) is 9.59 Å². The Morgan fingerprint density at radius 3 is 2.56 bits per heavy atom. The summed E-state index contributed by atoms with van der Waals surface area (Å²) in [4.78, 5) is 27.9. The largest absolute Gasteiger partial charge is 0.341 e. The molecule has 2 heterocycles. The fraction of sp³-hybridized carbons (Fsp3) is 0.846. The third kappa shape index (κ3) is 2.66. The maximum Gasteiger partial charge on any atom is 0.245 e. The highest BCUT2D eigenvalue weighted by Gasteiger charge is 2.34. The lowest BCUT2D eigenvalue weighted by Gasteiger charge is -2.37. The van der Waals surface area contributed by atoms with Crippen molar-refractivity contribution >= 4 is 11.8 Å². The van der Waals surface area contributed by atoms with Crippen LogP contribution in [0, 0.1) is 0 Å². The number of carbonyl (C=O) groups is 2. The number of amides is 2. The number of nitrogens with two attached hydrogens (primary N) is 1. The zero-order valence-electron chi connectivity index (χ0n) is 11.1. The van der Waals surface area contributed by atoms with Gasteiger partial charge in [-0.25, -0.2) is 0 Å². The molecule has 0 radical (unpaired) electrons. The molecule has 102 valence electrons. The Labute approximate surface area is 108 Å². The van der Waals surface area contributed by atoms with Crippen LogP contribution in [0.25, 0.3) is 0 Å². The summed E-state index contributed by atoms with van der Waals surface area (Å²) in [5, 5.41) is 0. The highest BCUT2D eigenvalue weighted by Crippen LogP contribution is 2.17. The molecular formula is C13H23N3O2. The number of likely N-dealkylation sites (tertiary alicyclic amines) is 2. The van der Waals surface area contributed by atoms with Crippen LogP contribution in [0.3, 0.4) is 0 Å². The molecule has 2 rings (SSSR count). The van der Waals surface area contributed by atoms with Gasteiger partial charge in [-0.2, -0.15) is 0 Å². The Bertz CT molecular complexity index is 326. The number of carbonyl (C=O) groups excluding carboxylic acids is 2. The zero-order valence-corrected chi connectivity index (χ0v) is 11.1. The van der Waals surface area contributed by atoms with E-state index in [1.54, 1.807) is 4.90 Å². The second-order valence-corrected chi connectivity index (χ2v) is 5.34. The van der Waals surface area contributed by atoms with Gasteiger partial charge < -0.3 is 15.5 Å². The molecule has 18 heavy (non-hydrogen) atoms. The number of piperidine rings is 2. The van der Waals surface area contributed by atoms with Gasteiger partial charge in [0.05, 0.1) is 6.04 Å². The summed E-state index contributed by atoms with van der Waals surface area (Å²) in [6, 6.07) is -0.780. The van der Waals surface area contributed by atoms with Crippen LogP contribution in [0.5, 0.6) is 0 Å². The maximum absolute atomic E-state index is 12.3. The molecule has 2 amide bonds. The molecule has 5 heteroatoms. The lowest BCUT2D eigenvalue weighted by Crippen LogP contribution is -2.56. The molecule has 2 atom stereocenters. The number of hydrogen-bond donors (Lipinski definition) is 1. The standard InChI is InChI=1S/C13H23N3O2/c1-10(12(17)15-7-3-2-4-8-15)16-9-5-6-11(14)13(16)18/h10-11H,2-9,14H2,1H3. The molecule has 0 aliphatic carbocycles. The molecule has 2 N–H and O–H groups in total. The number of rotatable bonds is 2. The monoisotopic (exact) mass is 253 g/mol. The van der Waals surface area contributed by atoms with E-state index in [4.69, 9.17) is 5.73 Å². The quantitative estimate of drug-likeness (QED) is 0.771. The van der Waals surface area contributed by atoms with E-state index in [9.17, 15) is 9.59 Å². The van der Waals surface area contributed by atoms with Gasteiger partial charge >= 0.3 is 0 Å². The SMILES string of the molecule is CC(C(=O)N1CCCCC1)N1CCCC(N)C1=O. The first kappa shape index (κ1) is 13.3. The minimum absolute atomic E-state index is 0.0703. The Hall–Kier alpha value is -1.10. The Balaban J connectivity index is 1.98. The average Bonchev–Trinajstić information content (AvgIpc) is 2.41. The summed E-state index contributed by atoms with van der Waals surface area (Å²) < 4.78 is 0. The van der Waals surface area contributed by atoms with Crippen LogP contribution < -0.4 is 5.73 Å². The molecule has 2 aliphatic heterocycles. The second kappa shape index (κ2) is 5.69. The van der Waals surface area contributed by atoms with Gasteiger partial charge in [-0.05, 0) is 39.0 Å². The van der Waals surface area contributed by atoms with Gasteiger partial charge in [0.25, 0.3) is 0 Å². The Morgan fingerprint density at radius 2 is 1.89 bits per heavy atom. The molecule has 0 bridgehead atoms. The van der Waals surface area contributed by atoms with Crippen molar-refractivity contribution < 1.29 is 9.59 Å². The van der Waals surface area contributed by atoms with Crippen molar-refractivity contribution in [1.29, 1.82) is 0 Å². The summed E-state index contributed by atoms with van der Waals surface area (Å²) in [7, 11) is 0. The van der Waals surface area contributed by atoms with E-state index in [2.05, 4.69) is 0 Å². The fourth-order valence-corrected chi connectivity index (χ4v) is 2.82. The summed E-state index contributed by atoms with van der Waals surface area (Å²) in [5.41, 5.74) is 5.77. The molecule has 2 saturated heterocycles. The molecule has 0 saturated carbocycles. The molecule has 0 spiro atoms. The molecular weight excluding hydrogens is 230 g/mol. The number of hydrogen-bond acceptors (Lipinski definition) is 3. The first-order chi connectivity index (χ1) is 8.61. The van der Waals surface area contributed by atoms with E-state index < -0.39 is 6.04 Å². The summed E-state index contributed by atoms with van der Waals surface area (Å²) in [6.45, 7) is 4.15. The average molecular weight is 253 g/mol. The predicted octanol–water partition coefficient (Wildman–Crippen LogP) is 0.337. The lowest BCUT2D eigenvalue weighted by atomic mass is 10.0. The highest BCUT2D eigenvalue weighted by atomic mass is 16.2. The van der Waals surface area contributed by atoms with Crippen molar-refractivity contribution in [1.82, 2.24) is 9.80 Å². The summed E-state index contributed by atoms with van der Waals surface area (Å²) in [6.07, 6.45) is 4.98. The summed E-state index contributed by atoms with van der Waals surface area (Å²) >= 11 is 0. The van der Waals surface area contributed by atoms with Crippen LogP contribution in [0.1, 0.15) is 39.0 Å². The minimum Gasteiger partial charge on any atom is -0.341 e. The third-order valence-corrected chi connectivity index (χ3v) is 4.01. The lowest BCUT2D eigenvalue weighted by molar-refractivity contribution is -0.148. The van der Waals surface area contributed by atoms with Gasteiger partial charge in [0.15, 0.2) is 0 Å². The first-order valence-corrected chi connectivity index (χ1v) is 6.96. The van der Waals surface area contributed by atoms with E-state index >= 15 is 0 Å². The predicted molar refractivity (Wildman–Crippen MR) is 68.8 cm³/mol. The van der Waals surface area contributed by atoms with Crippen LogP contribution in [-0.4, -0.2) is 53.3 Å². The number of nitrogens with zero attached hydrogens (tertiary/aromatic N) is 2. The van der Waals surface area contributed by atoms with Crippen LogP contribution in [0.15, 0.2) is 0 Å². The topological polar surface area (TPSA) is 66.6 Å². The molecule has 5 nitrogen and oxygen atoms in total. The smallest absolute Gasteiger partial charge is 0.245 e. The van der Waals surface area contributed by atoms with Crippen molar-refractivity contribution in [3.8, 4) is 0 Å². The second-order valence-electron chi connectivity index (χ2n) is 5.34. The van der Waals surface area contributed by atoms with Crippen molar-refractivity contribution in [2.24, 2.45) is 5.73 Å². The van der Waals surface area contributed by atoms with E-state index in [1.165, 1.54) is 6.42 Å². The molecule has 2 aliphatic rings. The van der Waals surface area contributed by atoms with E-state index in [-0.39, 0.29) is 17.9 Å². The van der Waals surface area contributed by atoms with Crippen molar-refractivity contribution in [3.63, 3.8) is 0 Å². The van der Waals surface area contributed by atoms with Crippen LogP contribution >= 0.6 is 0 Å². The van der Waals surface area contributed by atoms with Crippen LogP contribution in [-0.2, 0) is 9.59 Å². The Kier molecular flexibility index (Phi) is 4.22. The Morgan fingerprint density at radius 1 is 1.22 bits per heavy atom. The van der Waals surface area contributed by atoms with Gasteiger partial charge in [-0.15, -0.1) is 0 Å². The van der Waals surface area contributed by atoms with Crippen LogP contribution in [0.4, 0.5) is 0 Å². The molecule has 0 aromatic carbocycles. The molecule has 0 aromatic rings. The summed E-state index contributed by atoms with van der Waals surface area (Å²) in [5.74, 6) is 0.0104. The van der Waals surface area contributed by atoms with Crippen molar-refractivity contribution in [2.75, 3.05) is 19.6 Å². The van der Waals surface area contributed by atoms with Gasteiger partial charge in [0.2, 0.25) is 11.8 Å². The molecule has 0 aromatic heterocycles. The fourth-order valence-electron chi connectivity index (χ4n) is 2.82. The first-order valence-electron chi connectivity index (χ1n) is 6.96.